The number of aliphatic carboxylic acids is 1. The second kappa shape index (κ2) is 4.82. The maximum absolute atomic E-state index is 11.4. The largest absolute Gasteiger partial charge is 0.550 e. The second-order valence-corrected chi connectivity index (χ2v) is 5.38. The van der Waals surface area contributed by atoms with E-state index in [1.54, 1.807) is 0 Å². The molecule has 1 rings (SSSR count). The standard InChI is InChI=1S/C11H19NO4/c1-12(2,3)7-9(6-10(13)14)16-11(15)8-4-5-8/h8-9H,4-7H2,1-3H3. The Labute approximate surface area is 95.6 Å². The van der Waals surface area contributed by atoms with E-state index in [9.17, 15) is 14.7 Å². The summed E-state index contributed by atoms with van der Waals surface area (Å²) < 4.78 is 5.74. The lowest BCUT2D eigenvalue weighted by Crippen LogP contribution is -2.45. The van der Waals surface area contributed by atoms with E-state index in [0.29, 0.717) is 11.0 Å². The molecule has 0 aromatic rings. The highest BCUT2D eigenvalue weighted by atomic mass is 16.5. The van der Waals surface area contributed by atoms with Crippen molar-refractivity contribution < 1.29 is 23.9 Å². The normalized spacial score (nSPS) is 17.9. The Bertz CT molecular complexity index is 278. The molecule has 0 bridgehead atoms. The number of hydrogen-bond donors (Lipinski definition) is 0. The van der Waals surface area contributed by atoms with Crippen LogP contribution in [-0.2, 0) is 14.3 Å². The van der Waals surface area contributed by atoms with Crippen LogP contribution in [0.5, 0.6) is 0 Å². The van der Waals surface area contributed by atoms with E-state index in [1.165, 1.54) is 0 Å². The third-order valence-electron chi connectivity index (χ3n) is 2.34. The van der Waals surface area contributed by atoms with Gasteiger partial charge < -0.3 is 19.1 Å². The molecule has 0 spiro atoms. The van der Waals surface area contributed by atoms with Crippen molar-refractivity contribution in [2.24, 2.45) is 5.92 Å². The molecule has 1 aliphatic carbocycles. The van der Waals surface area contributed by atoms with Crippen molar-refractivity contribution in [2.45, 2.75) is 25.4 Å². The van der Waals surface area contributed by atoms with Gasteiger partial charge in [-0.2, -0.15) is 0 Å². The third-order valence-corrected chi connectivity index (χ3v) is 2.34. The van der Waals surface area contributed by atoms with Gasteiger partial charge in [0.1, 0.15) is 6.54 Å². The Balaban J connectivity index is 2.48. The molecule has 0 N–H and O–H groups in total. The van der Waals surface area contributed by atoms with E-state index in [4.69, 9.17) is 4.74 Å². The van der Waals surface area contributed by atoms with Gasteiger partial charge in [-0.25, -0.2) is 0 Å². The first-order chi connectivity index (χ1) is 7.28. The fourth-order valence-electron chi connectivity index (χ4n) is 1.52. The van der Waals surface area contributed by atoms with Crippen molar-refractivity contribution in [3.05, 3.63) is 0 Å². The van der Waals surface area contributed by atoms with E-state index in [-0.39, 0.29) is 18.3 Å². The first kappa shape index (κ1) is 13.0. The summed E-state index contributed by atoms with van der Waals surface area (Å²) in [5.74, 6) is -1.45. The lowest BCUT2D eigenvalue weighted by molar-refractivity contribution is -0.873. The molecule has 0 aromatic carbocycles. The Kier molecular flexibility index (Phi) is 3.91. The monoisotopic (exact) mass is 229 g/mol. The van der Waals surface area contributed by atoms with E-state index in [1.807, 2.05) is 21.1 Å². The van der Waals surface area contributed by atoms with Gasteiger partial charge in [-0.3, -0.25) is 4.79 Å². The van der Waals surface area contributed by atoms with Crippen LogP contribution in [0.25, 0.3) is 0 Å². The number of quaternary nitrogens is 1. The molecule has 1 unspecified atom stereocenters. The zero-order chi connectivity index (χ0) is 12.3. The summed E-state index contributed by atoms with van der Waals surface area (Å²) in [6.45, 7) is 0.479. The predicted molar refractivity (Wildman–Crippen MR) is 55.1 cm³/mol. The molecule has 0 radical (unpaired) electrons. The molecule has 1 fully saturated rings. The van der Waals surface area contributed by atoms with Gasteiger partial charge in [0.05, 0.1) is 27.1 Å². The number of carboxylic acid groups (broad SMARTS) is 1. The molecule has 1 saturated carbocycles. The number of esters is 1. The van der Waals surface area contributed by atoms with E-state index in [2.05, 4.69) is 0 Å². The number of rotatable bonds is 6. The number of likely N-dealkylation sites (N-methyl/N-ethyl adjacent to an activating group) is 1. The molecule has 0 aromatic heterocycles. The number of hydrogen-bond acceptors (Lipinski definition) is 4. The van der Waals surface area contributed by atoms with Gasteiger partial charge in [-0.1, -0.05) is 0 Å². The molecule has 1 atom stereocenters. The number of carbonyl (C=O) groups is 2. The van der Waals surface area contributed by atoms with Gasteiger partial charge in [-0.15, -0.1) is 0 Å². The first-order valence-electron chi connectivity index (χ1n) is 5.49. The van der Waals surface area contributed by atoms with Gasteiger partial charge >= 0.3 is 5.97 Å². The topological polar surface area (TPSA) is 66.4 Å². The van der Waals surface area contributed by atoms with Crippen molar-refractivity contribution in [2.75, 3.05) is 27.7 Å². The summed E-state index contributed by atoms with van der Waals surface area (Å²) in [5, 5.41) is 10.6. The summed E-state index contributed by atoms with van der Waals surface area (Å²) in [6.07, 6.45) is 0.911. The van der Waals surface area contributed by atoms with E-state index < -0.39 is 12.1 Å². The van der Waals surface area contributed by atoms with Crippen LogP contribution in [0, 0.1) is 5.92 Å². The van der Waals surface area contributed by atoms with Crippen molar-refractivity contribution >= 4 is 11.9 Å². The molecule has 1 aliphatic rings. The smallest absolute Gasteiger partial charge is 0.309 e. The van der Waals surface area contributed by atoms with Gasteiger partial charge in [0.25, 0.3) is 0 Å². The number of ether oxygens (including phenoxy) is 1. The SMILES string of the molecule is C[N+](C)(C)CC(CC(=O)[O-])OC(=O)C1CC1. The van der Waals surface area contributed by atoms with Crippen LogP contribution in [0.4, 0.5) is 0 Å². The van der Waals surface area contributed by atoms with Crippen LogP contribution in [0.3, 0.4) is 0 Å². The fraction of sp³-hybridized carbons (Fsp3) is 0.818. The second-order valence-electron chi connectivity index (χ2n) is 5.38. The quantitative estimate of drug-likeness (QED) is 0.440. The minimum absolute atomic E-state index is 0.00303. The Morgan fingerprint density at radius 1 is 1.38 bits per heavy atom. The number of nitrogens with zero attached hydrogens (tertiary/aromatic N) is 1. The summed E-state index contributed by atoms with van der Waals surface area (Å²) >= 11 is 0. The number of carboxylic acids is 1. The fourth-order valence-corrected chi connectivity index (χ4v) is 1.52. The average molecular weight is 229 g/mol. The van der Waals surface area contributed by atoms with Crippen molar-refractivity contribution in [1.29, 1.82) is 0 Å². The molecule has 0 heterocycles. The maximum atomic E-state index is 11.4. The molecule has 16 heavy (non-hydrogen) atoms. The van der Waals surface area contributed by atoms with E-state index in [0.717, 1.165) is 12.8 Å². The minimum atomic E-state index is -1.18. The van der Waals surface area contributed by atoms with Crippen molar-refractivity contribution in [1.82, 2.24) is 0 Å². The molecule has 5 heteroatoms. The molecule has 5 nitrogen and oxygen atoms in total. The van der Waals surface area contributed by atoms with Crippen LogP contribution in [0.15, 0.2) is 0 Å². The molecular weight excluding hydrogens is 210 g/mol. The summed E-state index contributed by atoms with van der Waals surface area (Å²) in [4.78, 5) is 22.0. The predicted octanol–water partition coefficient (Wildman–Crippen LogP) is -0.846. The van der Waals surface area contributed by atoms with Crippen LogP contribution in [0.1, 0.15) is 19.3 Å². The van der Waals surface area contributed by atoms with Crippen LogP contribution in [0.2, 0.25) is 0 Å². The molecule has 92 valence electrons. The van der Waals surface area contributed by atoms with Gasteiger partial charge in [0.2, 0.25) is 0 Å². The molecule has 0 aliphatic heterocycles. The average Bonchev–Trinajstić information content (AvgIpc) is 2.79. The first-order valence-corrected chi connectivity index (χ1v) is 5.49. The van der Waals surface area contributed by atoms with Crippen LogP contribution in [-0.4, -0.2) is 50.2 Å². The molecular formula is C11H19NO4. The van der Waals surface area contributed by atoms with Crippen LogP contribution >= 0.6 is 0 Å². The third kappa shape index (κ3) is 5.11. The maximum Gasteiger partial charge on any atom is 0.309 e. The van der Waals surface area contributed by atoms with Crippen molar-refractivity contribution in [3.8, 4) is 0 Å². The minimum Gasteiger partial charge on any atom is -0.550 e. The van der Waals surface area contributed by atoms with E-state index >= 15 is 0 Å². The van der Waals surface area contributed by atoms with Crippen molar-refractivity contribution in [3.63, 3.8) is 0 Å². The highest BCUT2D eigenvalue weighted by Gasteiger charge is 2.34. The Hall–Kier alpha value is -1.10. The summed E-state index contributed by atoms with van der Waals surface area (Å²) in [5.41, 5.74) is 0. The Morgan fingerprint density at radius 3 is 2.31 bits per heavy atom. The zero-order valence-corrected chi connectivity index (χ0v) is 10.1. The van der Waals surface area contributed by atoms with Gasteiger partial charge in [-0.05, 0) is 12.8 Å². The summed E-state index contributed by atoms with van der Waals surface area (Å²) in [7, 11) is 5.77. The van der Waals surface area contributed by atoms with Crippen LogP contribution < -0.4 is 5.11 Å². The number of carbonyl (C=O) groups excluding carboxylic acids is 2. The molecule has 0 saturated heterocycles. The highest BCUT2D eigenvalue weighted by molar-refractivity contribution is 5.75. The molecule has 0 amide bonds. The highest BCUT2D eigenvalue weighted by Crippen LogP contribution is 2.30. The van der Waals surface area contributed by atoms with Gasteiger partial charge in [0.15, 0.2) is 6.10 Å². The summed E-state index contributed by atoms with van der Waals surface area (Å²) in [6, 6.07) is 0. The lowest BCUT2D eigenvalue weighted by atomic mass is 10.2. The zero-order valence-electron chi connectivity index (χ0n) is 10.1. The van der Waals surface area contributed by atoms with Gasteiger partial charge in [0, 0.05) is 12.4 Å². The lowest BCUT2D eigenvalue weighted by Gasteiger charge is -2.29. The Morgan fingerprint density at radius 2 is 1.94 bits per heavy atom.